The minimum atomic E-state index is -4.67. The smallest absolute Gasteiger partial charge is 0.358 e. The lowest BCUT2D eigenvalue weighted by atomic mass is 10.7. The average molecular weight is 225 g/mol. The molecule has 0 aliphatic heterocycles. The zero-order valence-corrected chi connectivity index (χ0v) is 7.72. The number of nitrogens with one attached hydrogen (secondary N) is 1. The lowest BCUT2D eigenvalue weighted by molar-refractivity contribution is -0.389. The summed E-state index contributed by atoms with van der Waals surface area (Å²) in [5.74, 6) is 0.495. The van der Waals surface area contributed by atoms with Crippen LogP contribution >= 0.6 is 0 Å². The maximum absolute atomic E-state index is 9.95. The van der Waals surface area contributed by atoms with Gasteiger partial charge < -0.3 is 10.1 Å². The number of hydrogen-bond acceptors (Lipinski definition) is 5. The van der Waals surface area contributed by atoms with Crippen molar-refractivity contribution < 1.29 is 22.4 Å². The fourth-order valence-corrected chi connectivity index (χ4v) is 0.501. The van der Waals surface area contributed by atoms with Gasteiger partial charge in [-0.1, -0.05) is 0 Å². The minimum Gasteiger partial charge on any atom is -0.358 e. The van der Waals surface area contributed by atoms with E-state index in [9.17, 15) is 10.1 Å². The maximum atomic E-state index is 9.95. The summed E-state index contributed by atoms with van der Waals surface area (Å²) in [5, 5.41) is 9.95. The van der Waals surface area contributed by atoms with Crippen molar-refractivity contribution in [3.63, 3.8) is 0 Å². The van der Waals surface area contributed by atoms with Gasteiger partial charge in [-0.25, -0.2) is 9.97 Å². The Labute approximate surface area is 78.5 Å². The third kappa shape index (κ3) is 7.15. The maximum Gasteiger partial charge on any atom is 0.394 e. The van der Waals surface area contributed by atoms with Crippen LogP contribution in [0, 0.1) is 17.0 Å². The third-order valence-electron chi connectivity index (χ3n) is 0.886. The van der Waals surface area contributed by atoms with E-state index in [-0.39, 0.29) is 5.82 Å². The van der Waals surface area contributed by atoms with E-state index in [4.69, 9.17) is 17.5 Å². The lowest BCUT2D eigenvalue weighted by Gasteiger charge is -1.83. The van der Waals surface area contributed by atoms with Crippen molar-refractivity contribution >= 4 is 16.2 Å². The van der Waals surface area contributed by atoms with Crippen LogP contribution in [0.25, 0.3) is 0 Å². The first-order chi connectivity index (χ1) is 6.20. The van der Waals surface area contributed by atoms with Crippen molar-refractivity contribution in [2.75, 3.05) is 0 Å². The second-order valence-electron chi connectivity index (χ2n) is 2.06. The van der Waals surface area contributed by atoms with Gasteiger partial charge in [-0.3, -0.25) is 9.11 Å². The van der Waals surface area contributed by atoms with Crippen LogP contribution in [-0.4, -0.2) is 32.4 Å². The fraction of sp³-hybridized carbons (Fsp3) is 0.250. The summed E-state index contributed by atoms with van der Waals surface area (Å²) < 4.78 is 31.6. The van der Waals surface area contributed by atoms with Crippen molar-refractivity contribution in [3.05, 3.63) is 22.1 Å². The molecule has 0 fully saturated rings. The molecule has 80 valence electrons. The van der Waals surface area contributed by atoms with Gasteiger partial charge in [-0.2, -0.15) is 8.42 Å². The van der Waals surface area contributed by atoms with Crippen LogP contribution in [0.4, 0.5) is 5.82 Å². The monoisotopic (exact) mass is 225 g/mol. The lowest BCUT2D eigenvalue weighted by Crippen LogP contribution is -1.89. The summed E-state index contributed by atoms with van der Waals surface area (Å²) >= 11 is 0. The van der Waals surface area contributed by atoms with Crippen LogP contribution in [0.5, 0.6) is 0 Å². The number of aryl methyl sites for hydroxylation is 1. The molecule has 1 heterocycles. The average Bonchev–Trinajstić information content (AvgIpc) is 2.31. The van der Waals surface area contributed by atoms with Crippen LogP contribution in [0.15, 0.2) is 6.20 Å². The van der Waals surface area contributed by atoms with Gasteiger partial charge in [-0.15, -0.1) is 0 Å². The molecule has 10 heteroatoms. The van der Waals surface area contributed by atoms with Gasteiger partial charge in [0.15, 0.2) is 5.82 Å². The molecule has 14 heavy (non-hydrogen) atoms. The standard InChI is InChI=1S/C4H5N3O2.H2O4S/c1-3-5-2-4(6-3)7(8)9;1-5(2,3)4/h2H,1H3,(H,5,6);(H2,1,2,3,4). The summed E-state index contributed by atoms with van der Waals surface area (Å²) in [7, 11) is -4.67. The zero-order valence-electron chi connectivity index (χ0n) is 6.91. The molecule has 1 rings (SSSR count). The Balaban J connectivity index is 0.000000292. The summed E-state index contributed by atoms with van der Waals surface area (Å²) in [4.78, 5) is 15.5. The summed E-state index contributed by atoms with van der Waals surface area (Å²) in [6.45, 7) is 1.66. The molecule has 0 radical (unpaired) electrons. The second kappa shape index (κ2) is 4.64. The Morgan fingerprint density at radius 3 is 2.14 bits per heavy atom. The van der Waals surface area contributed by atoms with Gasteiger partial charge in [0.05, 0.1) is 0 Å². The van der Waals surface area contributed by atoms with Gasteiger partial charge in [0.1, 0.15) is 6.20 Å². The van der Waals surface area contributed by atoms with Crippen molar-refractivity contribution in [1.82, 2.24) is 9.97 Å². The van der Waals surface area contributed by atoms with Gasteiger partial charge in [-0.05, 0) is 4.92 Å². The Hall–Kier alpha value is -1.52. The number of H-pyrrole nitrogens is 1. The van der Waals surface area contributed by atoms with E-state index in [2.05, 4.69) is 9.97 Å². The number of nitrogens with zero attached hydrogens (tertiary/aromatic N) is 2. The summed E-state index contributed by atoms with van der Waals surface area (Å²) in [5.41, 5.74) is 0. The number of rotatable bonds is 1. The predicted molar refractivity (Wildman–Crippen MR) is 44.2 cm³/mol. The molecular weight excluding hydrogens is 218 g/mol. The highest BCUT2D eigenvalue weighted by molar-refractivity contribution is 7.79. The number of imidazole rings is 1. The largest absolute Gasteiger partial charge is 0.394 e. The molecule has 1 aromatic rings. The Morgan fingerprint density at radius 2 is 2.00 bits per heavy atom. The molecule has 0 bridgehead atoms. The van der Waals surface area contributed by atoms with Crippen LogP contribution in [0.3, 0.4) is 0 Å². The van der Waals surface area contributed by atoms with Crippen molar-refractivity contribution in [2.24, 2.45) is 0 Å². The molecule has 3 N–H and O–H groups in total. The van der Waals surface area contributed by atoms with Crippen molar-refractivity contribution in [3.8, 4) is 0 Å². The third-order valence-corrected chi connectivity index (χ3v) is 0.886. The molecule has 0 amide bonds. The molecule has 0 atom stereocenters. The van der Waals surface area contributed by atoms with Crippen molar-refractivity contribution in [1.29, 1.82) is 0 Å². The highest BCUT2D eigenvalue weighted by Gasteiger charge is 2.04. The molecule has 0 saturated heterocycles. The normalized spacial score (nSPS) is 10.2. The molecular formula is C4H7N3O6S. The second-order valence-corrected chi connectivity index (χ2v) is 2.95. The molecule has 0 spiro atoms. The van der Waals surface area contributed by atoms with Gasteiger partial charge >= 0.3 is 16.2 Å². The van der Waals surface area contributed by atoms with Gasteiger partial charge in [0, 0.05) is 6.92 Å². The van der Waals surface area contributed by atoms with Gasteiger partial charge in [0.25, 0.3) is 0 Å². The van der Waals surface area contributed by atoms with E-state index in [1.165, 1.54) is 6.20 Å². The van der Waals surface area contributed by atoms with Crippen molar-refractivity contribution in [2.45, 2.75) is 6.92 Å². The van der Waals surface area contributed by atoms with Crippen LogP contribution < -0.4 is 0 Å². The first-order valence-electron chi connectivity index (χ1n) is 3.06. The minimum absolute atomic E-state index is 0.0625. The first kappa shape index (κ1) is 12.5. The van der Waals surface area contributed by atoms with E-state index in [0.717, 1.165) is 0 Å². The number of hydrogen-bond donors (Lipinski definition) is 3. The van der Waals surface area contributed by atoms with E-state index in [0.29, 0.717) is 5.82 Å². The van der Waals surface area contributed by atoms with Crippen LogP contribution in [0.1, 0.15) is 5.82 Å². The molecule has 0 aliphatic rings. The molecule has 0 aliphatic carbocycles. The highest BCUT2D eigenvalue weighted by Crippen LogP contribution is 2.03. The topological polar surface area (TPSA) is 146 Å². The predicted octanol–water partition coefficient (Wildman–Crippen LogP) is -0.0265. The molecule has 1 aromatic heterocycles. The zero-order chi connectivity index (χ0) is 11.4. The Morgan fingerprint density at radius 1 is 1.57 bits per heavy atom. The first-order valence-corrected chi connectivity index (χ1v) is 4.45. The fourth-order valence-electron chi connectivity index (χ4n) is 0.501. The Bertz CT molecular complexity index is 400. The SMILES string of the molecule is Cc1ncc([N+](=O)[O-])[nH]1.O=S(=O)(O)O. The summed E-state index contributed by atoms with van der Waals surface area (Å²) in [6, 6.07) is 0. The molecule has 0 saturated carbocycles. The van der Waals surface area contributed by atoms with Crippen LogP contribution in [-0.2, 0) is 10.4 Å². The quantitative estimate of drug-likeness (QED) is 0.345. The number of aromatic amines is 1. The van der Waals surface area contributed by atoms with Crippen LogP contribution in [0.2, 0.25) is 0 Å². The molecule has 9 nitrogen and oxygen atoms in total. The molecule has 0 unspecified atom stereocenters. The van der Waals surface area contributed by atoms with E-state index >= 15 is 0 Å². The van der Waals surface area contributed by atoms with Gasteiger partial charge in [0.2, 0.25) is 0 Å². The van der Waals surface area contributed by atoms with E-state index < -0.39 is 15.3 Å². The highest BCUT2D eigenvalue weighted by atomic mass is 32.3. The Kier molecular flexibility index (Phi) is 4.14. The number of aromatic nitrogens is 2. The summed E-state index contributed by atoms with van der Waals surface area (Å²) in [6.07, 6.45) is 1.19. The molecule has 0 aromatic carbocycles. The van der Waals surface area contributed by atoms with E-state index in [1.807, 2.05) is 0 Å². The van der Waals surface area contributed by atoms with E-state index in [1.54, 1.807) is 6.92 Å². The number of nitro groups is 1.